The Morgan fingerprint density at radius 1 is 0.750 bits per heavy atom. The highest BCUT2D eigenvalue weighted by Gasteiger charge is 2.26. The molecule has 0 saturated carbocycles. The van der Waals surface area contributed by atoms with Gasteiger partial charge in [-0.1, -0.05) is 0 Å². The minimum atomic E-state index is -2.92. The van der Waals surface area contributed by atoms with Crippen molar-refractivity contribution in [3.8, 4) is 0 Å². The third-order valence-corrected chi connectivity index (χ3v) is 1.96. The first kappa shape index (κ1) is 12.7. The van der Waals surface area contributed by atoms with E-state index in [-0.39, 0.29) is 12.8 Å². The molecule has 0 nitrogen and oxygen atoms in total. The number of unbranched alkanes of at least 4 members (excludes halogenated alkanes) is 1. The fourth-order valence-electron chi connectivity index (χ4n) is 0.651. The Hall–Kier alpha value is 0.680. The van der Waals surface area contributed by atoms with Crippen LogP contribution in [0.5, 0.6) is 0 Å². The summed E-state index contributed by atoms with van der Waals surface area (Å²) in [6, 6.07) is 0. The molecule has 0 aromatic rings. The van der Waals surface area contributed by atoms with Crippen molar-refractivity contribution in [3.63, 3.8) is 0 Å². The maximum absolute atomic E-state index is 12.1. The zero-order chi connectivity index (χ0) is 9.83. The lowest BCUT2D eigenvalue weighted by Crippen LogP contribution is -2.07. The number of hydrogen-bond acceptors (Lipinski definition) is 0. The van der Waals surface area contributed by atoms with Gasteiger partial charge in [0.25, 0.3) is 0 Å². The summed E-state index contributed by atoms with van der Waals surface area (Å²) >= 11 is 4.25. The maximum atomic E-state index is 12.1. The first-order valence-corrected chi connectivity index (χ1v) is 4.93. The average Bonchev–Trinajstić information content (AvgIpc) is 1.76. The molecule has 0 saturated heterocycles. The van der Waals surface area contributed by atoms with Gasteiger partial charge < -0.3 is 0 Å². The van der Waals surface area contributed by atoms with Crippen molar-refractivity contribution >= 4 is 31.9 Å². The van der Waals surface area contributed by atoms with Crippen molar-refractivity contribution in [2.24, 2.45) is 0 Å². The fourth-order valence-corrected chi connectivity index (χ4v) is 1.21. The molecule has 0 radical (unpaired) electrons. The van der Waals surface area contributed by atoms with Crippen molar-refractivity contribution in [1.82, 2.24) is 0 Å². The highest BCUT2D eigenvalue weighted by atomic mass is 79.9. The van der Waals surface area contributed by atoms with E-state index in [2.05, 4.69) is 31.9 Å². The van der Waals surface area contributed by atoms with E-state index in [4.69, 9.17) is 0 Å². The van der Waals surface area contributed by atoms with Crippen LogP contribution in [-0.4, -0.2) is 9.66 Å². The summed E-state index contributed by atoms with van der Waals surface area (Å²) in [6.45, 7) is 0. The van der Waals surface area contributed by atoms with E-state index in [9.17, 15) is 17.6 Å². The minimum absolute atomic E-state index is 0.0828. The monoisotopic (exact) mass is 314 g/mol. The lowest BCUT2D eigenvalue weighted by Gasteiger charge is -2.09. The molecule has 0 aromatic heterocycles. The van der Waals surface area contributed by atoms with Crippen LogP contribution in [-0.2, 0) is 0 Å². The van der Waals surface area contributed by atoms with Gasteiger partial charge in [0, 0.05) is 12.8 Å². The maximum Gasteiger partial charge on any atom is 0.301 e. The van der Waals surface area contributed by atoms with Gasteiger partial charge in [-0.15, -0.1) is 0 Å². The lowest BCUT2D eigenvalue weighted by atomic mass is 10.2. The highest BCUT2D eigenvalue weighted by Crippen LogP contribution is 2.32. The van der Waals surface area contributed by atoms with Crippen molar-refractivity contribution in [1.29, 1.82) is 0 Å². The molecule has 0 fully saturated rings. The highest BCUT2D eigenvalue weighted by molar-refractivity contribution is 9.10. The molecule has 12 heavy (non-hydrogen) atoms. The summed E-state index contributed by atoms with van der Waals surface area (Å²) in [4.78, 5) is -5.84. The van der Waals surface area contributed by atoms with Crippen LogP contribution in [0.3, 0.4) is 0 Å². The van der Waals surface area contributed by atoms with E-state index >= 15 is 0 Å². The molecule has 0 aromatic carbocycles. The van der Waals surface area contributed by atoms with E-state index < -0.39 is 22.5 Å². The molecule has 0 N–H and O–H groups in total. The second-order valence-electron chi connectivity index (χ2n) is 2.44. The van der Waals surface area contributed by atoms with Gasteiger partial charge in [0.05, 0.1) is 0 Å². The van der Waals surface area contributed by atoms with Crippen molar-refractivity contribution in [3.05, 3.63) is 0 Å². The molecular weight excluding hydrogens is 308 g/mol. The zero-order valence-corrected chi connectivity index (χ0v) is 9.27. The van der Waals surface area contributed by atoms with E-state index in [1.54, 1.807) is 0 Å². The molecule has 0 spiro atoms. The van der Waals surface area contributed by atoms with Crippen molar-refractivity contribution < 1.29 is 17.6 Å². The summed E-state index contributed by atoms with van der Waals surface area (Å²) in [7, 11) is 0. The molecule has 0 unspecified atom stereocenters. The van der Waals surface area contributed by atoms with Crippen LogP contribution in [0.4, 0.5) is 17.6 Å². The summed E-state index contributed by atoms with van der Waals surface area (Å²) in [5, 5.41) is 0. The van der Waals surface area contributed by atoms with E-state index in [0.29, 0.717) is 0 Å². The molecular formula is C6H8Br2F4. The fraction of sp³-hybridized carbons (Fsp3) is 1.00. The third-order valence-electron chi connectivity index (χ3n) is 1.17. The molecule has 0 aliphatic heterocycles. The first-order valence-electron chi connectivity index (χ1n) is 3.34. The second-order valence-corrected chi connectivity index (χ2v) is 4.76. The van der Waals surface area contributed by atoms with Gasteiger partial charge in [-0.3, -0.25) is 0 Å². The van der Waals surface area contributed by atoms with Crippen LogP contribution in [0.1, 0.15) is 25.7 Å². The molecule has 0 amide bonds. The predicted molar refractivity (Wildman–Crippen MR) is 46.2 cm³/mol. The van der Waals surface area contributed by atoms with Gasteiger partial charge >= 0.3 is 9.66 Å². The van der Waals surface area contributed by atoms with E-state index in [1.165, 1.54) is 0 Å². The number of alkyl halides is 6. The smallest absolute Gasteiger partial charge is 0.194 e. The van der Waals surface area contributed by atoms with Crippen LogP contribution in [0.25, 0.3) is 0 Å². The molecule has 0 aliphatic rings. The lowest BCUT2D eigenvalue weighted by molar-refractivity contribution is 0.0840. The summed E-state index contributed by atoms with van der Waals surface area (Å²) < 4.78 is 48.2. The quantitative estimate of drug-likeness (QED) is 0.397. The topological polar surface area (TPSA) is 0 Å². The van der Waals surface area contributed by atoms with Crippen LogP contribution in [0, 0.1) is 0 Å². The van der Waals surface area contributed by atoms with Crippen molar-refractivity contribution in [2.75, 3.05) is 0 Å². The van der Waals surface area contributed by atoms with Crippen LogP contribution >= 0.6 is 31.9 Å². The Balaban J connectivity index is 3.35. The standard InChI is InChI=1S/C6H8Br2F4/c7-5(9,10)3-1-2-4-6(8,11)12/h1-4H2. The van der Waals surface area contributed by atoms with Gasteiger partial charge in [-0.2, -0.15) is 17.6 Å². The van der Waals surface area contributed by atoms with Gasteiger partial charge in [0.2, 0.25) is 0 Å². The minimum Gasteiger partial charge on any atom is -0.194 e. The molecule has 0 bridgehead atoms. The average molecular weight is 316 g/mol. The molecule has 6 heteroatoms. The van der Waals surface area contributed by atoms with Crippen LogP contribution in [0.15, 0.2) is 0 Å². The van der Waals surface area contributed by atoms with Crippen LogP contribution in [0.2, 0.25) is 0 Å². The Labute approximate surface area is 85.0 Å². The van der Waals surface area contributed by atoms with Gasteiger partial charge in [-0.05, 0) is 44.7 Å². The number of halogens is 6. The molecule has 0 atom stereocenters. The summed E-state index contributed by atoms with van der Waals surface area (Å²) in [6.07, 6.45) is -0.648. The van der Waals surface area contributed by atoms with Gasteiger partial charge in [-0.25, -0.2) is 0 Å². The molecule has 0 aliphatic carbocycles. The van der Waals surface area contributed by atoms with Gasteiger partial charge in [0.1, 0.15) is 0 Å². The zero-order valence-electron chi connectivity index (χ0n) is 6.10. The van der Waals surface area contributed by atoms with Crippen molar-refractivity contribution in [2.45, 2.75) is 35.3 Å². The van der Waals surface area contributed by atoms with E-state index in [0.717, 1.165) is 0 Å². The number of hydrogen-bond donors (Lipinski definition) is 0. The summed E-state index contributed by atoms with van der Waals surface area (Å²) in [5.41, 5.74) is 0. The Bertz CT molecular complexity index is 110. The number of rotatable bonds is 5. The third kappa shape index (κ3) is 10.7. The predicted octanol–water partition coefficient (Wildman–Crippen LogP) is 4.52. The van der Waals surface area contributed by atoms with Gasteiger partial charge in [0.15, 0.2) is 0 Å². The SMILES string of the molecule is FC(F)(Br)CCCCC(F)(F)Br. The molecule has 0 heterocycles. The van der Waals surface area contributed by atoms with E-state index in [1.807, 2.05) is 0 Å². The normalized spacial score (nSPS) is 13.5. The van der Waals surface area contributed by atoms with Crippen LogP contribution < -0.4 is 0 Å². The second kappa shape index (κ2) is 4.79. The Kier molecular flexibility index (Phi) is 5.06. The molecule has 74 valence electrons. The Morgan fingerprint density at radius 3 is 1.17 bits per heavy atom. The largest absolute Gasteiger partial charge is 0.301 e. The molecule has 0 rings (SSSR count). The summed E-state index contributed by atoms with van der Waals surface area (Å²) in [5.74, 6) is 0. The Morgan fingerprint density at radius 2 is 1.00 bits per heavy atom. The first-order chi connectivity index (χ1) is 5.21.